The fraction of sp³-hybridized carbons (Fsp3) is 0.111. The van der Waals surface area contributed by atoms with Crippen molar-refractivity contribution in [1.82, 2.24) is 24.5 Å². The van der Waals surface area contributed by atoms with Gasteiger partial charge in [-0.15, -0.1) is 0 Å². The molecule has 0 fully saturated rings. The van der Waals surface area contributed by atoms with Gasteiger partial charge in [0.05, 0.1) is 18.6 Å². The zero-order valence-electron chi connectivity index (χ0n) is 19.8. The average molecular weight is 579 g/mol. The number of aliphatic hydroxyl groups is 1. The number of hydrogen-bond acceptors (Lipinski definition) is 5. The van der Waals surface area contributed by atoms with Gasteiger partial charge in [0.1, 0.15) is 29.9 Å². The van der Waals surface area contributed by atoms with Crippen molar-refractivity contribution in [2.45, 2.75) is 18.7 Å². The van der Waals surface area contributed by atoms with E-state index in [1.54, 1.807) is 30.5 Å². The third-order valence-electron chi connectivity index (χ3n) is 5.86. The highest BCUT2D eigenvalue weighted by Crippen LogP contribution is 2.29. The monoisotopic (exact) mass is 578 g/mol. The van der Waals surface area contributed by atoms with Crippen LogP contribution in [0, 0.1) is 11.6 Å². The number of carbonyl (C=O) groups is 1. The molecule has 192 valence electrons. The molecule has 0 radical (unpaired) electrons. The van der Waals surface area contributed by atoms with E-state index in [0.717, 1.165) is 22.2 Å². The molecule has 38 heavy (non-hydrogen) atoms. The maximum atomic E-state index is 14.7. The van der Waals surface area contributed by atoms with Crippen molar-refractivity contribution in [2.24, 2.45) is 0 Å². The van der Waals surface area contributed by atoms with Gasteiger partial charge >= 0.3 is 0 Å². The first-order chi connectivity index (χ1) is 18.3. The summed E-state index contributed by atoms with van der Waals surface area (Å²) in [6.07, 6.45) is 7.53. The standard InChI is InChI=1S/C27H21BrF2N6O2/c28-20-4-1-18(2-5-20)3-10-26(37)33-22-7-9-25-19(11-22)13-35(34-25)14-27(38,15-36-17-31-16-32-36)23-8-6-21(29)12-24(23)30/h1-13,16-17,38H,14-15H2,(H,33,37)/b10-3+. The van der Waals surface area contributed by atoms with Crippen LogP contribution < -0.4 is 5.32 Å². The molecule has 1 unspecified atom stereocenters. The van der Waals surface area contributed by atoms with Crippen LogP contribution in [0.4, 0.5) is 14.5 Å². The highest BCUT2D eigenvalue weighted by molar-refractivity contribution is 9.10. The number of nitrogens with zero attached hydrogens (tertiary/aromatic N) is 5. The second kappa shape index (κ2) is 10.6. The molecule has 3 aromatic carbocycles. The number of halogens is 3. The summed E-state index contributed by atoms with van der Waals surface area (Å²) < 4.78 is 32.1. The zero-order valence-corrected chi connectivity index (χ0v) is 21.4. The molecule has 2 heterocycles. The molecule has 5 rings (SSSR count). The lowest BCUT2D eigenvalue weighted by Gasteiger charge is -2.28. The number of nitrogens with one attached hydrogen (secondary N) is 1. The van der Waals surface area contributed by atoms with Gasteiger partial charge in [0.2, 0.25) is 5.91 Å². The van der Waals surface area contributed by atoms with Crippen molar-refractivity contribution >= 4 is 44.5 Å². The Morgan fingerprint density at radius 3 is 2.58 bits per heavy atom. The van der Waals surface area contributed by atoms with E-state index in [2.05, 4.69) is 36.4 Å². The van der Waals surface area contributed by atoms with E-state index in [-0.39, 0.29) is 24.6 Å². The second-order valence-corrected chi connectivity index (χ2v) is 9.64. The number of fused-ring (bicyclic) bond motifs is 1. The molecule has 0 aliphatic heterocycles. The maximum Gasteiger partial charge on any atom is 0.248 e. The van der Waals surface area contributed by atoms with Crippen molar-refractivity contribution in [3.8, 4) is 0 Å². The maximum absolute atomic E-state index is 14.7. The molecule has 2 aromatic heterocycles. The van der Waals surface area contributed by atoms with Crippen LogP contribution in [-0.4, -0.2) is 35.6 Å². The number of rotatable bonds is 8. The van der Waals surface area contributed by atoms with Crippen molar-refractivity contribution in [1.29, 1.82) is 0 Å². The van der Waals surface area contributed by atoms with Gasteiger partial charge in [0.15, 0.2) is 0 Å². The molecule has 0 spiro atoms. The summed E-state index contributed by atoms with van der Waals surface area (Å²) >= 11 is 3.38. The summed E-state index contributed by atoms with van der Waals surface area (Å²) in [4.78, 5) is 16.3. The Morgan fingerprint density at radius 1 is 1.05 bits per heavy atom. The fourth-order valence-corrected chi connectivity index (χ4v) is 4.37. The number of amides is 1. The molecule has 11 heteroatoms. The van der Waals surface area contributed by atoms with Gasteiger partial charge in [0.25, 0.3) is 0 Å². The van der Waals surface area contributed by atoms with Crippen LogP contribution in [0.25, 0.3) is 17.0 Å². The normalized spacial score (nSPS) is 13.2. The van der Waals surface area contributed by atoms with Crippen LogP contribution in [0.5, 0.6) is 0 Å². The van der Waals surface area contributed by atoms with Gasteiger partial charge in [-0.1, -0.05) is 34.1 Å². The first-order valence-electron chi connectivity index (χ1n) is 11.5. The van der Waals surface area contributed by atoms with Gasteiger partial charge in [-0.25, -0.2) is 18.4 Å². The van der Waals surface area contributed by atoms with E-state index in [4.69, 9.17) is 0 Å². The predicted molar refractivity (Wildman–Crippen MR) is 142 cm³/mol. The molecule has 8 nitrogen and oxygen atoms in total. The lowest BCUT2D eigenvalue weighted by molar-refractivity contribution is -0.111. The molecular formula is C27H21BrF2N6O2. The number of aromatic nitrogens is 5. The van der Waals surface area contributed by atoms with Crippen LogP contribution in [-0.2, 0) is 23.5 Å². The third kappa shape index (κ3) is 5.84. The molecule has 0 saturated carbocycles. The average Bonchev–Trinajstić information content (AvgIpc) is 3.52. The molecular weight excluding hydrogens is 558 g/mol. The Bertz CT molecular complexity index is 1620. The van der Waals surface area contributed by atoms with Gasteiger partial charge in [-0.2, -0.15) is 10.2 Å². The highest BCUT2D eigenvalue weighted by atomic mass is 79.9. The Hall–Kier alpha value is -4.22. The minimum Gasteiger partial charge on any atom is -0.381 e. The SMILES string of the molecule is O=C(/C=C/c1ccc(Br)cc1)Nc1ccc2nn(CC(O)(Cn3cncn3)c3ccc(F)cc3F)cc2c1. The Labute approximate surface area is 224 Å². The van der Waals surface area contributed by atoms with Crippen LogP contribution >= 0.6 is 15.9 Å². The van der Waals surface area contributed by atoms with Crippen molar-refractivity contribution in [2.75, 3.05) is 5.32 Å². The van der Waals surface area contributed by atoms with Gasteiger partial charge < -0.3 is 10.4 Å². The first-order valence-corrected chi connectivity index (χ1v) is 12.3. The molecule has 1 atom stereocenters. The van der Waals surface area contributed by atoms with E-state index >= 15 is 0 Å². The lowest BCUT2D eigenvalue weighted by Crippen LogP contribution is -2.37. The topological polar surface area (TPSA) is 97.9 Å². The quantitative estimate of drug-likeness (QED) is 0.255. The lowest BCUT2D eigenvalue weighted by atomic mass is 9.93. The molecule has 0 aliphatic carbocycles. The van der Waals surface area contributed by atoms with Crippen molar-refractivity contribution in [3.63, 3.8) is 0 Å². The molecule has 0 aliphatic rings. The smallest absolute Gasteiger partial charge is 0.248 e. The van der Waals surface area contributed by atoms with Crippen LogP contribution in [0.15, 0.2) is 90.1 Å². The Kier molecular flexibility index (Phi) is 7.12. The van der Waals surface area contributed by atoms with E-state index in [9.17, 15) is 18.7 Å². The second-order valence-electron chi connectivity index (χ2n) is 8.72. The number of carbonyl (C=O) groups excluding carboxylic acids is 1. The van der Waals surface area contributed by atoms with Gasteiger partial charge in [0, 0.05) is 39.4 Å². The Balaban J connectivity index is 1.37. The van der Waals surface area contributed by atoms with Crippen LogP contribution in [0.3, 0.4) is 0 Å². The van der Waals surface area contributed by atoms with Crippen molar-refractivity contribution < 1.29 is 18.7 Å². The first kappa shape index (κ1) is 25.4. The van der Waals surface area contributed by atoms with Crippen molar-refractivity contribution in [3.05, 3.63) is 113 Å². The molecule has 2 N–H and O–H groups in total. The fourth-order valence-electron chi connectivity index (χ4n) is 4.10. The minimum absolute atomic E-state index is 0.0977. The zero-order chi connectivity index (χ0) is 26.7. The van der Waals surface area contributed by atoms with E-state index in [0.29, 0.717) is 16.6 Å². The van der Waals surface area contributed by atoms with E-state index < -0.39 is 17.2 Å². The molecule has 5 aromatic rings. The summed E-state index contributed by atoms with van der Waals surface area (Å²) in [6.45, 7) is -0.292. The summed E-state index contributed by atoms with van der Waals surface area (Å²) in [5.41, 5.74) is 0.138. The summed E-state index contributed by atoms with van der Waals surface area (Å²) in [7, 11) is 0. The number of benzene rings is 3. The Morgan fingerprint density at radius 2 is 1.84 bits per heavy atom. The summed E-state index contributed by atoms with van der Waals surface area (Å²) in [5.74, 6) is -1.93. The molecule has 0 saturated heterocycles. The van der Waals surface area contributed by atoms with E-state index in [1.165, 1.54) is 34.2 Å². The molecule has 1 amide bonds. The van der Waals surface area contributed by atoms with Crippen LogP contribution in [0.1, 0.15) is 11.1 Å². The largest absolute Gasteiger partial charge is 0.381 e. The third-order valence-corrected chi connectivity index (χ3v) is 6.39. The summed E-state index contributed by atoms with van der Waals surface area (Å²) in [6, 6.07) is 15.8. The number of anilines is 1. The highest BCUT2D eigenvalue weighted by Gasteiger charge is 2.34. The van der Waals surface area contributed by atoms with Crippen LogP contribution in [0.2, 0.25) is 0 Å². The predicted octanol–water partition coefficient (Wildman–Crippen LogP) is 4.91. The van der Waals surface area contributed by atoms with E-state index in [1.807, 2.05) is 24.3 Å². The minimum atomic E-state index is -1.82. The van der Waals surface area contributed by atoms with Gasteiger partial charge in [-0.05, 0) is 48.0 Å². The number of hydrogen-bond donors (Lipinski definition) is 2. The summed E-state index contributed by atoms with van der Waals surface area (Å²) in [5, 5.41) is 23.6. The molecule has 0 bridgehead atoms. The van der Waals surface area contributed by atoms with Gasteiger partial charge in [-0.3, -0.25) is 9.48 Å².